The molecule has 6 nitrogen and oxygen atoms in total. The summed E-state index contributed by atoms with van der Waals surface area (Å²) in [5.41, 5.74) is 1.37. The molecule has 1 aromatic carbocycles. The molecule has 1 aliphatic heterocycles. The predicted molar refractivity (Wildman–Crippen MR) is 99.6 cm³/mol. The highest BCUT2D eigenvalue weighted by Crippen LogP contribution is 2.38. The monoisotopic (exact) mass is 368 g/mol. The zero-order chi connectivity index (χ0) is 19.0. The van der Waals surface area contributed by atoms with E-state index >= 15 is 0 Å². The van der Waals surface area contributed by atoms with Crippen molar-refractivity contribution in [3.63, 3.8) is 0 Å². The second-order valence-electron chi connectivity index (χ2n) is 7.65. The first-order valence-electron chi connectivity index (χ1n) is 8.52. The maximum atomic E-state index is 12.4. The lowest BCUT2D eigenvalue weighted by Gasteiger charge is -2.35. The van der Waals surface area contributed by atoms with Crippen LogP contribution in [-0.2, 0) is 20.2 Å². The number of carbonyl (C=O) groups excluding carboxylic acids is 1. The van der Waals surface area contributed by atoms with Crippen molar-refractivity contribution in [3.05, 3.63) is 23.8 Å². The number of sulfonamides is 1. The number of rotatable bonds is 4. The minimum absolute atomic E-state index is 0.00690. The lowest BCUT2D eigenvalue weighted by Crippen LogP contribution is -2.52. The van der Waals surface area contributed by atoms with Crippen molar-refractivity contribution >= 4 is 21.6 Å². The average Bonchev–Trinajstić information content (AvgIpc) is 2.51. The van der Waals surface area contributed by atoms with Crippen LogP contribution in [0.3, 0.4) is 0 Å². The highest BCUT2D eigenvalue weighted by Gasteiger charge is 2.36. The Morgan fingerprint density at radius 1 is 1.40 bits per heavy atom. The van der Waals surface area contributed by atoms with Gasteiger partial charge in [0.25, 0.3) is 5.91 Å². The molecule has 1 aliphatic rings. The number of nitrogens with zero attached hydrogens (tertiary/aromatic N) is 1. The van der Waals surface area contributed by atoms with E-state index in [1.807, 2.05) is 26.0 Å². The van der Waals surface area contributed by atoms with Gasteiger partial charge < -0.3 is 10.1 Å². The maximum Gasteiger partial charge on any atom is 0.263 e. The Morgan fingerprint density at radius 2 is 2.04 bits per heavy atom. The van der Waals surface area contributed by atoms with Gasteiger partial charge in [-0.2, -0.15) is 0 Å². The highest BCUT2D eigenvalue weighted by molar-refractivity contribution is 7.92. The fraction of sp³-hybridized carbons (Fsp3) is 0.611. The number of benzene rings is 1. The van der Waals surface area contributed by atoms with E-state index in [0.717, 1.165) is 18.2 Å². The van der Waals surface area contributed by atoms with Crippen LogP contribution in [0.1, 0.15) is 46.6 Å². The number of fused-ring (bicyclic) bond motifs is 1. The molecule has 0 aromatic heterocycles. The third-order valence-corrected chi connectivity index (χ3v) is 5.53. The zero-order valence-electron chi connectivity index (χ0n) is 15.8. The molecule has 2 rings (SSSR count). The molecule has 25 heavy (non-hydrogen) atoms. The normalized spacial score (nSPS) is 19.0. The van der Waals surface area contributed by atoms with E-state index in [1.165, 1.54) is 4.31 Å². The Labute approximate surface area is 150 Å². The summed E-state index contributed by atoms with van der Waals surface area (Å²) >= 11 is 0. The molecule has 2 unspecified atom stereocenters. The molecule has 1 heterocycles. The fourth-order valence-corrected chi connectivity index (χ4v) is 3.51. The predicted octanol–water partition coefficient (Wildman–Crippen LogP) is 2.43. The number of amides is 1. The summed E-state index contributed by atoms with van der Waals surface area (Å²) in [4.78, 5) is 12.4. The smallest absolute Gasteiger partial charge is 0.263 e. The minimum atomic E-state index is -3.53. The molecule has 2 atom stereocenters. The van der Waals surface area contributed by atoms with Gasteiger partial charge in [-0.15, -0.1) is 0 Å². The van der Waals surface area contributed by atoms with Gasteiger partial charge in [0, 0.05) is 6.04 Å². The standard InChI is InChI=1S/C18H28N2O4S/c1-7-12(2)19-17(21)16-11-20(25(6,22)23)14-10-13(18(3,4)5)8-9-15(14)24-16/h8-10,12,16H,7,11H2,1-6H3,(H,19,21). The summed E-state index contributed by atoms with van der Waals surface area (Å²) in [5, 5.41) is 2.85. The summed E-state index contributed by atoms with van der Waals surface area (Å²) in [6.45, 7) is 10.0. The van der Waals surface area contributed by atoms with Gasteiger partial charge in [0.1, 0.15) is 5.75 Å². The number of hydrogen-bond acceptors (Lipinski definition) is 4. The second kappa shape index (κ2) is 6.86. The number of anilines is 1. The summed E-state index contributed by atoms with van der Waals surface area (Å²) in [5.74, 6) is 0.113. The summed E-state index contributed by atoms with van der Waals surface area (Å²) in [6, 6.07) is 5.50. The molecule has 1 amide bonds. The van der Waals surface area contributed by atoms with E-state index in [-0.39, 0.29) is 23.9 Å². The fourth-order valence-electron chi connectivity index (χ4n) is 2.61. The highest BCUT2D eigenvalue weighted by atomic mass is 32.2. The van der Waals surface area contributed by atoms with Crippen molar-refractivity contribution in [2.45, 2.75) is 58.6 Å². The van der Waals surface area contributed by atoms with Crippen molar-refractivity contribution in [2.24, 2.45) is 0 Å². The number of ether oxygens (including phenoxy) is 1. The molecule has 140 valence electrons. The van der Waals surface area contributed by atoms with Gasteiger partial charge in [-0.3, -0.25) is 9.10 Å². The van der Waals surface area contributed by atoms with Crippen LogP contribution >= 0.6 is 0 Å². The van der Waals surface area contributed by atoms with Crippen molar-refractivity contribution in [3.8, 4) is 5.75 Å². The molecule has 0 saturated heterocycles. The Bertz CT molecular complexity index is 753. The first-order chi connectivity index (χ1) is 11.4. The van der Waals surface area contributed by atoms with Crippen LogP contribution in [0.4, 0.5) is 5.69 Å². The van der Waals surface area contributed by atoms with Crippen LogP contribution in [0.15, 0.2) is 18.2 Å². The summed E-state index contributed by atoms with van der Waals surface area (Å²) in [7, 11) is -3.53. The molecule has 0 spiro atoms. The molecule has 1 N–H and O–H groups in total. The summed E-state index contributed by atoms with van der Waals surface area (Å²) < 4.78 is 31.7. The number of hydrogen-bond donors (Lipinski definition) is 1. The Kier molecular flexibility index (Phi) is 5.37. The Hall–Kier alpha value is -1.76. The van der Waals surface area contributed by atoms with E-state index in [1.54, 1.807) is 6.07 Å². The van der Waals surface area contributed by atoms with Gasteiger partial charge in [-0.25, -0.2) is 8.42 Å². The van der Waals surface area contributed by atoms with Gasteiger partial charge in [0.05, 0.1) is 18.5 Å². The van der Waals surface area contributed by atoms with E-state index < -0.39 is 16.1 Å². The topological polar surface area (TPSA) is 75.7 Å². The molecule has 1 aromatic rings. The Morgan fingerprint density at radius 3 is 2.56 bits per heavy atom. The van der Waals surface area contributed by atoms with Gasteiger partial charge in [-0.1, -0.05) is 33.8 Å². The molecular weight excluding hydrogens is 340 g/mol. The largest absolute Gasteiger partial charge is 0.476 e. The second-order valence-corrected chi connectivity index (χ2v) is 9.56. The van der Waals surface area contributed by atoms with Gasteiger partial charge >= 0.3 is 0 Å². The first kappa shape index (κ1) is 19.6. The zero-order valence-corrected chi connectivity index (χ0v) is 16.6. The number of nitrogens with one attached hydrogen (secondary N) is 1. The van der Waals surface area contributed by atoms with Crippen LogP contribution in [0.25, 0.3) is 0 Å². The SMILES string of the molecule is CCC(C)NC(=O)C1CN(S(C)(=O)=O)c2cc(C(C)(C)C)ccc2O1. The van der Waals surface area contributed by atoms with E-state index in [9.17, 15) is 13.2 Å². The van der Waals surface area contributed by atoms with Gasteiger partial charge in [-0.05, 0) is 36.5 Å². The van der Waals surface area contributed by atoms with E-state index in [2.05, 4.69) is 26.1 Å². The quantitative estimate of drug-likeness (QED) is 0.886. The third-order valence-electron chi connectivity index (χ3n) is 4.39. The van der Waals surface area contributed by atoms with E-state index in [0.29, 0.717) is 11.4 Å². The van der Waals surface area contributed by atoms with Crippen LogP contribution in [0, 0.1) is 0 Å². The van der Waals surface area contributed by atoms with Crippen molar-refractivity contribution in [1.82, 2.24) is 5.32 Å². The molecule has 0 saturated carbocycles. The molecule has 0 aliphatic carbocycles. The molecular formula is C18H28N2O4S. The van der Waals surface area contributed by atoms with Gasteiger partial charge in [0.2, 0.25) is 10.0 Å². The van der Waals surface area contributed by atoms with Crippen LogP contribution in [0.2, 0.25) is 0 Å². The van der Waals surface area contributed by atoms with Crippen LogP contribution in [-0.4, -0.2) is 39.3 Å². The molecule has 7 heteroatoms. The maximum absolute atomic E-state index is 12.4. The lowest BCUT2D eigenvalue weighted by molar-refractivity contribution is -0.128. The van der Waals surface area contributed by atoms with Gasteiger partial charge in [0.15, 0.2) is 6.10 Å². The molecule has 0 radical (unpaired) electrons. The first-order valence-corrected chi connectivity index (χ1v) is 10.4. The molecule has 0 fully saturated rings. The summed E-state index contributed by atoms with van der Waals surface area (Å²) in [6.07, 6.45) is 1.08. The average molecular weight is 368 g/mol. The Balaban J connectivity index is 2.41. The van der Waals surface area contributed by atoms with E-state index in [4.69, 9.17) is 4.74 Å². The van der Waals surface area contributed by atoms with Crippen molar-refractivity contribution < 1.29 is 17.9 Å². The van der Waals surface area contributed by atoms with Crippen LogP contribution < -0.4 is 14.4 Å². The molecule has 0 bridgehead atoms. The van der Waals surface area contributed by atoms with Crippen molar-refractivity contribution in [2.75, 3.05) is 17.1 Å². The lowest BCUT2D eigenvalue weighted by atomic mass is 9.86. The third kappa shape index (κ3) is 4.45. The number of carbonyl (C=O) groups is 1. The minimum Gasteiger partial charge on any atom is -0.476 e. The van der Waals surface area contributed by atoms with Crippen LogP contribution in [0.5, 0.6) is 5.75 Å². The van der Waals surface area contributed by atoms with Crippen molar-refractivity contribution in [1.29, 1.82) is 0 Å².